The number of amides is 1. The number of carbonyl (C=O) groups is 1. The van der Waals surface area contributed by atoms with E-state index in [-0.39, 0.29) is 16.5 Å². The number of sulfone groups is 1. The third-order valence-electron chi connectivity index (χ3n) is 3.71. The second-order valence-electron chi connectivity index (χ2n) is 5.59. The van der Waals surface area contributed by atoms with Crippen LogP contribution in [0.2, 0.25) is 0 Å². The van der Waals surface area contributed by atoms with Crippen LogP contribution >= 0.6 is 0 Å². The van der Waals surface area contributed by atoms with Gasteiger partial charge in [0, 0.05) is 25.4 Å². The Kier molecular flexibility index (Phi) is 4.90. The first-order chi connectivity index (χ1) is 10.7. The van der Waals surface area contributed by atoms with E-state index < -0.39 is 21.7 Å². The molecule has 1 aromatic rings. The van der Waals surface area contributed by atoms with Gasteiger partial charge >= 0.3 is 0 Å². The van der Waals surface area contributed by atoms with Gasteiger partial charge in [-0.15, -0.1) is 0 Å². The largest absolute Gasteiger partial charge is 0.370 e. The van der Waals surface area contributed by atoms with Gasteiger partial charge in [-0.25, -0.2) is 8.42 Å². The molecule has 9 heteroatoms. The smallest absolute Gasteiger partial charge is 0.281 e. The fourth-order valence-electron chi connectivity index (χ4n) is 2.65. The highest BCUT2D eigenvalue weighted by molar-refractivity contribution is 7.91. The van der Waals surface area contributed by atoms with Gasteiger partial charge in [-0.3, -0.25) is 4.79 Å². The van der Waals surface area contributed by atoms with Crippen LogP contribution in [-0.4, -0.2) is 45.7 Å². The molecule has 1 saturated heterocycles. The van der Waals surface area contributed by atoms with Crippen molar-refractivity contribution in [3.63, 3.8) is 0 Å². The minimum atomic E-state index is -3.65. The van der Waals surface area contributed by atoms with Crippen LogP contribution in [0.25, 0.3) is 0 Å². The second-order valence-corrected chi connectivity index (χ2v) is 7.54. The van der Waals surface area contributed by atoms with Crippen LogP contribution in [0, 0.1) is 0 Å². The van der Waals surface area contributed by atoms with Crippen LogP contribution in [0.15, 0.2) is 28.1 Å². The molecule has 6 N–H and O–H groups in total. The van der Waals surface area contributed by atoms with E-state index in [1.165, 1.54) is 6.07 Å². The Morgan fingerprint density at radius 2 is 1.87 bits per heavy atom. The van der Waals surface area contributed by atoms with E-state index in [1.807, 2.05) is 4.90 Å². The first-order valence-corrected chi connectivity index (χ1v) is 9.07. The molecule has 0 aromatic heterocycles. The number of hydrogen-bond acceptors (Lipinski definition) is 5. The molecule has 23 heavy (non-hydrogen) atoms. The molecule has 1 aromatic carbocycles. The summed E-state index contributed by atoms with van der Waals surface area (Å²) in [5, 5.41) is 0. The van der Waals surface area contributed by atoms with Crippen molar-refractivity contribution in [3.05, 3.63) is 23.8 Å². The Bertz CT molecular complexity index is 733. The number of guanidine groups is 1. The summed E-state index contributed by atoms with van der Waals surface area (Å²) in [5.74, 6) is -1.19. The van der Waals surface area contributed by atoms with Gasteiger partial charge in [-0.05, 0) is 25.0 Å². The number of nitrogens with two attached hydrogens (primary N) is 3. The number of hydrogen-bond donors (Lipinski definition) is 3. The van der Waals surface area contributed by atoms with E-state index in [4.69, 9.17) is 17.2 Å². The molecule has 1 fully saturated rings. The zero-order valence-corrected chi connectivity index (χ0v) is 13.7. The van der Waals surface area contributed by atoms with Gasteiger partial charge in [-0.2, -0.15) is 4.99 Å². The first kappa shape index (κ1) is 17.2. The molecular weight excluding hydrogens is 318 g/mol. The number of rotatable bonds is 3. The predicted octanol–water partition coefficient (Wildman–Crippen LogP) is -0.569. The van der Waals surface area contributed by atoms with Crippen LogP contribution < -0.4 is 22.1 Å². The molecule has 2 rings (SSSR count). The molecule has 126 valence electrons. The topological polar surface area (TPSA) is 145 Å². The average molecular weight is 339 g/mol. The lowest BCUT2D eigenvalue weighted by atomic mass is 10.0. The van der Waals surface area contributed by atoms with Crippen molar-refractivity contribution in [2.24, 2.45) is 22.2 Å². The van der Waals surface area contributed by atoms with Gasteiger partial charge < -0.3 is 22.1 Å². The average Bonchev–Trinajstić information content (AvgIpc) is 2.45. The summed E-state index contributed by atoms with van der Waals surface area (Å²) < 4.78 is 24.5. The Balaban J connectivity index is 2.56. The SMILES string of the molecule is CS(=O)(=O)c1c(C(=O)N=C(N)N)cccc1N1CCC(N)CC1. The molecule has 1 heterocycles. The molecule has 0 atom stereocenters. The molecule has 0 unspecified atom stereocenters. The van der Waals surface area contributed by atoms with E-state index in [0.717, 1.165) is 19.1 Å². The number of aliphatic imine (C=N–C) groups is 1. The summed E-state index contributed by atoms with van der Waals surface area (Å²) in [6, 6.07) is 4.82. The molecule has 0 radical (unpaired) electrons. The Morgan fingerprint density at radius 1 is 1.26 bits per heavy atom. The van der Waals surface area contributed by atoms with Crippen molar-refractivity contribution < 1.29 is 13.2 Å². The monoisotopic (exact) mass is 339 g/mol. The molecule has 1 aliphatic heterocycles. The van der Waals surface area contributed by atoms with E-state index in [1.54, 1.807) is 12.1 Å². The van der Waals surface area contributed by atoms with Crippen molar-refractivity contribution in [1.29, 1.82) is 0 Å². The fraction of sp³-hybridized carbons (Fsp3) is 0.429. The molecular formula is C14H21N5O3S. The highest BCUT2D eigenvalue weighted by Gasteiger charge is 2.27. The predicted molar refractivity (Wildman–Crippen MR) is 89.1 cm³/mol. The van der Waals surface area contributed by atoms with Crippen LogP contribution in [-0.2, 0) is 9.84 Å². The standard InChI is InChI=1S/C14H21N5O3S/c1-23(21,22)12-10(13(20)18-14(16)17)3-2-4-11(12)19-7-5-9(15)6-8-19/h2-4,9H,5-8,15H2,1H3,(H4,16,17,18,20). The molecule has 8 nitrogen and oxygen atoms in total. The third kappa shape index (κ3) is 3.99. The molecule has 0 spiro atoms. The van der Waals surface area contributed by atoms with Gasteiger partial charge in [-0.1, -0.05) is 6.07 Å². The van der Waals surface area contributed by atoms with Crippen molar-refractivity contribution in [3.8, 4) is 0 Å². The molecule has 0 saturated carbocycles. The van der Waals surface area contributed by atoms with E-state index in [0.29, 0.717) is 18.8 Å². The summed E-state index contributed by atoms with van der Waals surface area (Å²) in [4.78, 5) is 17.5. The van der Waals surface area contributed by atoms with Gasteiger partial charge in [0.25, 0.3) is 5.91 Å². The lowest BCUT2D eigenvalue weighted by Gasteiger charge is -2.33. The van der Waals surface area contributed by atoms with Crippen LogP contribution in [0.1, 0.15) is 23.2 Å². The summed E-state index contributed by atoms with van der Waals surface area (Å²) in [7, 11) is -3.65. The van der Waals surface area contributed by atoms with Crippen molar-refractivity contribution in [2.75, 3.05) is 24.2 Å². The minimum Gasteiger partial charge on any atom is -0.370 e. The minimum absolute atomic E-state index is 0.0340. The highest BCUT2D eigenvalue weighted by Crippen LogP contribution is 2.31. The molecule has 0 aliphatic carbocycles. The first-order valence-electron chi connectivity index (χ1n) is 7.17. The Labute approximate surface area is 135 Å². The number of anilines is 1. The number of piperidine rings is 1. The Morgan fingerprint density at radius 3 is 2.39 bits per heavy atom. The van der Waals surface area contributed by atoms with Gasteiger partial charge in [0.05, 0.1) is 11.3 Å². The van der Waals surface area contributed by atoms with Crippen LogP contribution in [0.5, 0.6) is 0 Å². The number of nitrogens with zero attached hydrogens (tertiary/aromatic N) is 2. The molecule has 1 aliphatic rings. The van der Waals surface area contributed by atoms with Crippen LogP contribution in [0.3, 0.4) is 0 Å². The van der Waals surface area contributed by atoms with E-state index >= 15 is 0 Å². The maximum atomic E-state index is 12.3. The Hall–Kier alpha value is -2.13. The van der Waals surface area contributed by atoms with Crippen molar-refractivity contribution in [2.45, 2.75) is 23.8 Å². The van der Waals surface area contributed by atoms with Crippen LogP contribution in [0.4, 0.5) is 5.69 Å². The van der Waals surface area contributed by atoms with Gasteiger partial charge in [0.1, 0.15) is 4.90 Å². The lowest BCUT2D eigenvalue weighted by Crippen LogP contribution is -2.40. The number of carbonyl (C=O) groups excluding carboxylic acids is 1. The zero-order chi connectivity index (χ0) is 17.2. The highest BCUT2D eigenvalue weighted by atomic mass is 32.2. The number of benzene rings is 1. The van der Waals surface area contributed by atoms with Gasteiger partial charge in [0.2, 0.25) is 0 Å². The maximum absolute atomic E-state index is 12.3. The zero-order valence-electron chi connectivity index (χ0n) is 12.9. The fourth-order valence-corrected chi connectivity index (χ4v) is 3.78. The summed E-state index contributed by atoms with van der Waals surface area (Å²) >= 11 is 0. The third-order valence-corrected chi connectivity index (χ3v) is 4.88. The quantitative estimate of drug-likeness (QED) is 0.494. The molecule has 0 bridgehead atoms. The normalized spacial score (nSPS) is 16.2. The van der Waals surface area contributed by atoms with Crippen molar-refractivity contribution >= 4 is 27.4 Å². The summed E-state index contributed by atoms with van der Waals surface area (Å²) in [6.07, 6.45) is 2.58. The van der Waals surface area contributed by atoms with E-state index in [2.05, 4.69) is 4.99 Å². The van der Waals surface area contributed by atoms with Crippen molar-refractivity contribution in [1.82, 2.24) is 0 Å². The summed E-state index contributed by atoms with van der Waals surface area (Å²) in [6.45, 7) is 1.26. The lowest BCUT2D eigenvalue weighted by molar-refractivity contribution is 0.0999. The van der Waals surface area contributed by atoms with E-state index in [9.17, 15) is 13.2 Å². The maximum Gasteiger partial charge on any atom is 0.281 e. The van der Waals surface area contributed by atoms with Gasteiger partial charge in [0.15, 0.2) is 15.8 Å². The molecule has 1 amide bonds. The summed E-state index contributed by atoms with van der Waals surface area (Å²) in [5.41, 5.74) is 16.8. The second kappa shape index (κ2) is 6.55.